The molecule has 12 heavy (non-hydrogen) atoms. The van der Waals surface area contributed by atoms with Crippen molar-refractivity contribution in [3.8, 4) is 0 Å². The number of allylic oxidation sites excluding steroid dienone is 2. The third-order valence-corrected chi connectivity index (χ3v) is 1.37. The highest BCUT2D eigenvalue weighted by atomic mass is 35.5. The van der Waals surface area contributed by atoms with Crippen molar-refractivity contribution < 1.29 is 10.0 Å². The Labute approximate surface area is 74.3 Å². The molecule has 0 heterocycles. The molecule has 0 spiro atoms. The quantitative estimate of drug-likeness (QED) is 0.307. The van der Waals surface area contributed by atoms with E-state index in [4.69, 9.17) is 22.4 Å². The van der Waals surface area contributed by atoms with Gasteiger partial charge in [-0.05, 0) is 6.42 Å². The molecule has 0 aromatic rings. The van der Waals surface area contributed by atoms with Gasteiger partial charge in [0, 0.05) is 0 Å². The van der Waals surface area contributed by atoms with Crippen LogP contribution in [0.2, 0.25) is 0 Å². The number of nitrogens with zero attached hydrogens (tertiary/aromatic N) is 1. The van der Waals surface area contributed by atoms with Gasteiger partial charge < -0.3 is 10.8 Å². The normalized spacial score (nSPS) is 14.0. The van der Waals surface area contributed by atoms with Gasteiger partial charge in [0.2, 0.25) is 0 Å². The van der Waals surface area contributed by atoms with E-state index in [0.29, 0.717) is 6.42 Å². The number of aliphatic hydroxyl groups is 1. The van der Waals surface area contributed by atoms with Crippen LogP contribution in [0.1, 0.15) is 13.3 Å². The first kappa shape index (κ1) is 10.8. The third-order valence-electron chi connectivity index (χ3n) is 1.03. The number of halogens is 1. The molecule has 68 valence electrons. The molecular formula is C6H9ClN2O3. The van der Waals surface area contributed by atoms with Gasteiger partial charge in [0.1, 0.15) is 5.03 Å². The average molecular weight is 193 g/mol. The van der Waals surface area contributed by atoms with Crippen LogP contribution in [0.15, 0.2) is 22.7 Å². The molecule has 0 atom stereocenters. The Morgan fingerprint density at radius 3 is 2.58 bits per heavy atom. The van der Waals surface area contributed by atoms with Crippen LogP contribution in [0.25, 0.3) is 0 Å². The highest BCUT2D eigenvalue weighted by Crippen LogP contribution is 2.16. The number of hydrogen-bond donors (Lipinski definition) is 2. The monoisotopic (exact) mass is 192 g/mol. The van der Waals surface area contributed by atoms with E-state index in [1.54, 1.807) is 6.92 Å². The molecule has 3 N–H and O–H groups in total. The van der Waals surface area contributed by atoms with E-state index in [0.717, 1.165) is 0 Å². The SMILES string of the molecule is CC/C=C(Cl)\C(=C(/N)O)[N+](=O)[O-]. The molecule has 0 saturated carbocycles. The first-order valence-corrected chi connectivity index (χ1v) is 3.57. The number of aliphatic hydroxyl groups excluding tert-OH is 1. The molecule has 0 aliphatic carbocycles. The minimum Gasteiger partial charge on any atom is -0.490 e. The van der Waals surface area contributed by atoms with Crippen molar-refractivity contribution in [3.63, 3.8) is 0 Å². The Kier molecular flexibility index (Phi) is 4.14. The second-order valence-electron chi connectivity index (χ2n) is 1.95. The Bertz CT molecular complexity index is 243. The van der Waals surface area contributed by atoms with Crippen LogP contribution in [0.5, 0.6) is 0 Å². The molecular weight excluding hydrogens is 184 g/mol. The standard InChI is InChI=1S/C6H9ClN2O3/c1-2-3-4(7)5(6(8)10)9(11)12/h3,10H,2,8H2,1H3/b4-3+,6-5-. The summed E-state index contributed by atoms with van der Waals surface area (Å²) >= 11 is 5.46. The Balaban J connectivity index is 4.92. The van der Waals surface area contributed by atoms with Crippen LogP contribution >= 0.6 is 11.6 Å². The van der Waals surface area contributed by atoms with Gasteiger partial charge in [-0.25, -0.2) is 0 Å². The van der Waals surface area contributed by atoms with Crippen molar-refractivity contribution in [3.05, 3.63) is 32.8 Å². The smallest absolute Gasteiger partial charge is 0.346 e. The van der Waals surface area contributed by atoms with Gasteiger partial charge in [0.15, 0.2) is 0 Å². The topological polar surface area (TPSA) is 89.4 Å². The van der Waals surface area contributed by atoms with Gasteiger partial charge >= 0.3 is 5.70 Å². The van der Waals surface area contributed by atoms with Crippen LogP contribution in [0.4, 0.5) is 0 Å². The van der Waals surface area contributed by atoms with Crippen molar-refractivity contribution in [2.45, 2.75) is 13.3 Å². The van der Waals surface area contributed by atoms with Gasteiger partial charge in [-0.15, -0.1) is 0 Å². The summed E-state index contributed by atoms with van der Waals surface area (Å²) in [6.45, 7) is 1.76. The molecule has 0 unspecified atom stereocenters. The van der Waals surface area contributed by atoms with Crippen LogP contribution in [-0.4, -0.2) is 10.0 Å². The zero-order valence-corrected chi connectivity index (χ0v) is 7.21. The van der Waals surface area contributed by atoms with Crippen molar-refractivity contribution in [1.82, 2.24) is 0 Å². The van der Waals surface area contributed by atoms with Crippen molar-refractivity contribution in [1.29, 1.82) is 0 Å². The maximum absolute atomic E-state index is 10.2. The Morgan fingerprint density at radius 1 is 1.83 bits per heavy atom. The highest BCUT2D eigenvalue weighted by molar-refractivity contribution is 6.31. The number of rotatable bonds is 3. The van der Waals surface area contributed by atoms with Crippen LogP contribution in [0, 0.1) is 10.1 Å². The largest absolute Gasteiger partial charge is 0.490 e. The predicted molar refractivity (Wildman–Crippen MR) is 45.1 cm³/mol. The van der Waals surface area contributed by atoms with Gasteiger partial charge in [0.05, 0.1) is 4.92 Å². The highest BCUT2D eigenvalue weighted by Gasteiger charge is 2.20. The molecule has 5 nitrogen and oxygen atoms in total. The first-order valence-electron chi connectivity index (χ1n) is 3.19. The second kappa shape index (κ2) is 4.61. The van der Waals surface area contributed by atoms with E-state index in [1.165, 1.54) is 6.08 Å². The lowest BCUT2D eigenvalue weighted by molar-refractivity contribution is -0.422. The predicted octanol–water partition coefficient (Wildman–Crippen LogP) is 1.48. The van der Waals surface area contributed by atoms with E-state index >= 15 is 0 Å². The van der Waals surface area contributed by atoms with Crippen molar-refractivity contribution in [2.75, 3.05) is 0 Å². The zero-order valence-electron chi connectivity index (χ0n) is 6.45. The van der Waals surface area contributed by atoms with Crippen LogP contribution < -0.4 is 5.73 Å². The summed E-state index contributed by atoms with van der Waals surface area (Å²) in [4.78, 5) is 9.41. The lowest BCUT2D eigenvalue weighted by Gasteiger charge is -1.96. The third kappa shape index (κ3) is 2.79. The molecule has 0 aliphatic heterocycles. The van der Waals surface area contributed by atoms with E-state index in [1.807, 2.05) is 0 Å². The summed E-state index contributed by atoms with van der Waals surface area (Å²) < 4.78 is 0. The molecule has 0 aromatic carbocycles. The fraction of sp³-hybridized carbons (Fsp3) is 0.333. The molecule has 0 rings (SSSR count). The van der Waals surface area contributed by atoms with E-state index in [2.05, 4.69) is 0 Å². The van der Waals surface area contributed by atoms with Gasteiger partial charge in [-0.3, -0.25) is 10.1 Å². The van der Waals surface area contributed by atoms with Crippen LogP contribution in [0.3, 0.4) is 0 Å². The lowest BCUT2D eigenvalue weighted by Crippen LogP contribution is -2.09. The zero-order chi connectivity index (χ0) is 9.72. The maximum Gasteiger partial charge on any atom is 0.346 e. The van der Waals surface area contributed by atoms with Gasteiger partial charge in [-0.1, -0.05) is 24.6 Å². The van der Waals surface area contributed by atoms with Gasteiger partial charge in [0.25, 0.3) is 5.88 Å². The molecule has 0 bridgehead atoms. The fourth-order valence-corrected chi connectivity index (χ4v) is 0.899. The average Bonchev–Trinajstić information content (AvgIpc) is 1.85. The van der Waals surface area contributed by atoms with Crippen molar-refractivity contribution >= 4 is 11.6 Å². The summed E-state index contributed by atoms with van der Waals surface area (Å²) in [6.07, 6.45) is 1.92. The van der Waals surface area contributed by atoms with Gasteiger partial charge in [-0.2, -0.15) is 0 Å². The minimum absolute atomic E-state index is 0.150. The molecule has 0 amide bonds. The van der Waals surface area contributed by atoms with E-state index in [-0.39, 0.29) is 5.03 Å². The summed E-state index contributed by atoms with van der Waals surface area (Å²) in [5.41, 5.74) is 4.18. The minimum atomic E-state index is -0.880. The first-order chi connectivity index (χ1) is 5.50. The molecule has 0 aromatic heterocycles. The Morgan fingerprint density at radius 2 is 2.33 bits per heavy atom. The summed E-state index contributed by atoms with van der Waals surface area (Å²) in [7, 11) is 0. The lowest BCUT2D eigenvalue weighted by atomic mass is 10.3. The van der Waals surface area contributed by atoms with Crippen molar-refractivity contribution in [2.24, 2.45) is 5.73 Å². The van der Waals surface area contributed by atoms with Crippen LogP contribution in [-0.2, 0) is 0 Å². The molecule has 0 saturated heterocycles. The van der Waals surface area contributed by atoms with E-state index in [9.17, 15) is 10.1 Å². The molecule has 0 fully saturated rings. The number of nitrogens with two attached hydrogens (primary N) is 1. The fourth-order valence-electron chi connectivity index (χ4n) is 0.579. The number of hydrogen-bond acceptors (Lipinski definition) is 4. The maximum atomic E-state index is 10.2. The molecule has 0 aliphatic rings. The van der Waals surface area contributed by atoms with E-state index < -0.39 is 16.5 Å². The second-order valence-corrected chi connectivity index (χ2v) is 2.36. The summed E-state index contributed by atoms with van der Waals surface area (Å²) in [6, 6.07) is 0. The number of nitro groups is 1. The Hall–Kier alpha value is -1.23. The summed E-state index contributed by atoms with van der Waals surface area (Å²) in [5.74, 6) is -0.880. The molecule has 0 radical (unpaired) electrons. The summed E-state index contributed by atoms with van der Waals surface area (Å²) in [5, 5.41) is 18.8. The molecule has 6 heteroatoms.